The predicted octanol–water partition coefficient (Wildman–Crippen LogP) is 4.10. The largest absolute Gasteiger partial charge is 0.488 e. The Morgan fingerprint density at radius 1 is 1.33 bits per heavy atom. The van der Waals surface area contributed by atoms with E-state index >= 15 is 0 Å². The predicted molar refractivity (Wildman–Crippen MR) is 118 cm³/mol. The molecule has 7 heteroatoms. The number of amides is 1. The van der Waals surface area contributed by atoms with Crippen molar-refractivity contribution in [1.29, 1.82) is 5.41 Å². The first-order chi connectivity index (χ1) is 14.4. The zero-order chi connectivity index (χ0) is 21.1. The number of anilines is 1. The highest BCUT2D eigenvalue weighted by molar-refractivity contribution is 6.18. The lowest BCUT2D eigenvalue weighted by atomic mass is 9.97. The molecule has 7 nitrogen and oxygen atoms in total. The van der Waals surface area contributed by atoms with Crippen molar-refractivity contribution in [3.05, 3.63) is 41.4 Å². The minimum Gasteiger partial charge on any atom is -0.488 e. The third kappa shape index (κ3) is 4.40. The Morgan fingerprint density at radius 2 is 2.13 bits per heavy atom. The van der Waals surface area contributed by atoms with Crippen LogP contribution in [0.15, 0.2) is 40.8 Å². The minimum absolute atomic E-state index is 0.136. The molecule has 1 fully saturated rings. The molecule has 4 rings (SSSR count). The second-order valence-corrected chi connectivity index (χ2v) is 8.51. The van der Waals surface area contributed by atoms with Crippen molar-refractivity contribution < 1.29 is 14.3 Å². The molecule has 0 unspecified atom stereocenters. The Morgan fingerprint density at radius 3 is 2.83 bits per heavy atom. The molecule has 0 spiro atoms. The third-order valence-electron chi connectivity index (χ3n) is 5.51. The fraction of sp³-hybridized carbons (Fsp3) is 0.435. The number of ether oxygens (including phenoxy) is 2. The van der Waals surface area contributed by atoms with Crippen LogP contribution >= 0.6 is 0 Å². The molecule has 2 aliphatic heterocycles. The van der Waals surface area contributed by atoms with Gasteiger partial charge in [-0.15, -0.1) is 0 Å². The zero-order valence-corrected chi connectivity index (χ0v) is 17.5. The maximum Gasteiger partial charge on any atom is 0.261 e. The second-order valence-electron chi connectivity index (χ2n) is 8.51. The van der Waals surface area contributed by atoms with Crippen LogP contribution in [-0.4, -0.2) is 30.0 Å². The van der Waals surface area contributed by atoms with Crippen LogP contribution in [0.25, 0.3) is 0 Å². The van der Waals surface area contributed by atoms with Crippen LogP contribution in [0.2, 0.25) is 0 Å². The fourth-order valence-electron chi connectivity index (χ4n) is 4.09. The summed E-state index contributed by atoms with van der Waals surface area (Å²) in [5.74, 6) is 1.34. The Kier molecular flexibility index (Phi) is 5.61. The SMILES string of the molecule is CC1(C)Cc2cc(NC(=O)/C(C=N)=C3\N=CC=CN3)c(OC3CCCCC3)cc2O1. The van der Waals surface area contributed by atoms with Gasteiger partial charge in [-0.2, -0.15) is 0 Å². The van der Waals surface area contributed by atoms with Crippen molar-refractivity contribution in [2.75, 3.05) is 5.32 Å². The number of carbonyl (C=O) groups is 1. The fourth-order valence-corrected chi connectivity index (χ4v) is 4.09. The van der Waals surface area contributed by atoms with Crippen LogP contribution in [0.5, 0.6) is 11.5 Å². The molecule has 1 aliphatic carbocycles. The molecule has 0 radical (unpaired) electrons. The molecule has 0 aromatic heterocycles. The van der Waals surface area contributed by atoms with Gasteiger partial charge in [0.2, 0.25) is 0 Å². The number of hydrogen-bond donors (Lipinski definition) is 3. The molecule has 0 bridgehead atoms. The van der Waals surface area contributed by atoms with Crippen molar-refractivity contribution >= 4 is 24.0 Å². The first-order valence-electron chi connectivity index (χ1n) is 10.5. The van der Waals surface area contributed by atoms with Gasteiger partial charge in [0, 0.05) is 36.7 Å². The van der Waals surface area contributed by atoms with E-state index in [0.29, 0.717) is 17.3 Å². The Labute approximate surface area is 176 Å². The molecule has 0 atom stereocenters. The maximum absolute atomic E-state index is 13.0. The van der Waals surface area contributed by atoms with Gasteiger partial charge < -0.3 is 25.5 Å². The van der Waals surface area contributed by atoms with E-state index in [1.54, 1.807) is 18.5 Å². The van der Waals surface area contributed by atoms with Crippen LogP contribution in [0.1, 0.15) is 51.5 Å². The third-order valence-corrected chi connectivity index (χ3v) is 5.51. The molecule has 158 valence electrons. The number of nitrogens with one attached hydrogen (secondary N) is 3. The second kappa shape index (κ2) is 8.34. The van der Waals surface area contributed by atoms with Crippen LogP contribution in [-0.2, 0) is 11.2 Å². The first kappa shape index (κ1) is 20.2. The van der Waals surface area contributed by atoms with Crippen molar-refractivity contribution in [3.63, 3.8) is 0 Å². The topological polar surface area (TPSA) is 95.8 Å². The number of nitrogens with zero attached hydrogens (tertiary/aromatic N) is 1. The van der Waals surface area contributed by atoms with Gasteiger partial charge in [-0.05, 0) is 51.7 Å². The van der Waals surface area contributed by atoms with Crippen LogP contribution in [0.4, 0.5) is 5.69 Å². The summed E-state index contributed by atoms with van der Waals surface area (Å²) in [4.78, 5) is 17.1. The van der Waals surface area contributed by atoms with Crippen molar-refractivity contribution in [2.45, 2.75) is 64.1 Å². The molecular weight excluding hydrogens is 380 g/mol. The Balaban J connectivity index is 1.63. The number of allylic oxidation sites excluding steroid dienone is 1. The van der Waals surface area contributed by atoms with Gasteiger partial charge in [-0.3, -0.25) is 4.79 Å². The molecule has 30 heavy (non-hydrogen) atoms. The van der Waals surface area contributed by atoms with Gasteiger partial charge in [-0.1, -0.05) is 6.42 Å². The van der Waals surface area contributed by atoms with Gasteiger partial charge in [0.1, 0.15) is 22.9 Å². The van der Waals surface area contributed by atoms with Crippen LogP contribution < -0.4 is 20.1 Å². The van der Waals surface area contributed by atoms with E-state index in [1.807, 2.05) is 26.0 Å². The lowest BCUT2D eigenvalue weighted by Gasteiger charge is -2.25. The van der Waals surface area contributed by atoms with Gasteiger partial charge in [0.05, 0.1) is 17.4 Å². The van der Waals surface area contributed by atoms with E-state index in [9.17, 15) is 4.79 Å². The number of hydrogen-bond acceptors (Lipinski definition) is 6. The lowest BCUT2D eigenvalue weighted by molar-refractivity contribution is -0.112. The van der Waals surface area contributed by atoms with E-state index in [4.69, 9.17) is 14.9 Å². The van der Waals surface area contributed by atoms with Crippen molar-refractivity contribution in [1.82, 2.24) is 5.32 Å². The first-order valence-corrected chi connectivity index (χ1v) is 10.5. The molecule has 1 amide bonds. The molecule has 3 N–H and O–H groups in total. The summed E-state index contributed by atoms with van der Waals surface area (Å²) in [6.45, 7) is 4.09. The summed E-state index contributed by atoms with van der Waals surface area (Å²) in [5.41, 5.74) is 1.49. The molecule has 1 aromatic rings. The van der Waals surface area contributed by atoms with Crippen molar-refractivity contribution in [2.24, 2.45) is 4.99 Å². The molecule has 3 aliphatic rings. The van der Waals surface area contributed by atoms with Crippen molar-refractivity contribution in [3.8, 4) is 11.5 Å². The van der Waals surface area contributed by atoms with Crippen LogP contribution in [0.3, 0.4) is 0 Å². The molecule has 1 aromatic carbocycles. The number of fused-ring (bicyclic) bond motifs is 1. The van der Waals surface area contributed by atoms with E-state index < -0.39 is 5.91 Å². The van der Waals surface area contributed by atoms with E-state index in [0.717, 1.165) is 49.6 Å². The highest BCUT2D eigenvalue weighted by Crippen LogP contribution is 2.42. The average molecular weight is 409 g/mol. The average Bonchev–Trinajstić information content (AvgIpc) is 3.03. The number of rotatable bonds is 5. The molecule has 0 saturated heterocycles. The highest BCUT2D eigenvalue weighted by Gasteiger charge is 2.32. The summed E-state index contributed by atoms with van der Waals surface area (Å²) < 4.78 is 12.4. The monoisotopic (exact) mass is 408 g/mol. The summed E-state index contributed by atoms with van der Waals surface area (Å²) in [6, 6.07) is 3.83. The molecular formula is C23H28N4O3. The van der Waals surface area contributed by atoms with Crippen LogP contribution in [0, 0.1) is 5.41 Å². The van der Waals surface area contributed by atoms with Gasteiger partial charge in [0.15, 0.2) is 0 Å². The maximum atomic E-state index is 13.0. The lowest BCUT2D eigenvalue weighted by Crippen LogP contribution is -2.24. The highest BCUT2D eigenvalue weighted by atomic mass is 16.5. The molecule has 2 heterocycles. The van der Waals surface area contributed by atoms with Gasteiger partial charge in [-0.25, -0.2) is 4.99 Å². The smallest absolute Gasteiger partial charge is 0.261 e. The van der Waals surface area contributed by atoms with Gasteiger partial charge >= 0.3 is 0 Å². The summed E-state index contributed by atoms with van der Waals surface area (Å²) >= 11 is 0. The Bertz CT molecular complexity index is 940. The summed E-state index contributed by atoms with van der Waals surface area (Å²) in [6.07, 6.45) is 12.4. The Hall–Kier alpha value is -3.09. The molecule has 1 saturated carbocycles. The zero-order valence-electron chi connectivity index (χ0n) is 17.5. The summed E-state index contributed by atoms with van der Waals surface area (Å²) in [5, 5.41) is 13.5. The number of aliphatic imine (C=N–C) groups is 1. The summed E-state index contributed by atoms with van der Waals surface area (Å²) in [7, 11) is 0. The number of benzene rings is 1. The minimum atomic E-state index is -0.411. The van der Waals surface area contributed by atoms with E-state index in [1.165, 1.54) is 6.42 Å². The van der Waals surface area contributed by atoms with E-state index in [2.05, 4.69) is 15.6 Å². The number of carbonyl (C=O) groups excluding carboxylic acids is 1. The van der Waals surface area contributed by atoms with Gasteiger partial charge in [0.25, 0.3) is 5.91 Å². The quantitative estimate of drug-likeness (QED) is 0.505. The van der Waals surface area contributed by atoms with E-state index in [-0.39, 0.29) is 17.3 Å². The normalized spacial score (nSPS) is 21.3. The standard InChI is InChI=1S/C23H28N4O3/c1-23(2)13-15-11-18(27-22(28)17(14-24)21-25-9-6-10-26-21)20(12-19(15)30-23)29-16-7-4-3-5-8-16/h6,9-12,14,16,24-25H,3-5,7-8,13H2,1-2H3,(H,27,28)/b21-17-,24-14?.